The SMILES string of the molecule is CN(C#N)C(=O)c1ccc(-c2ccnc(Nc3ccc(N4CCOCC4)cc3)n2)cc1. The molecule has 0 radical (unpaired) electrons. The van der Waals surface area contributed by atoms with Gasteiger partial charge in [-0.2, -0.15) is 5.26 Å². The Morgan fingerprint density at radius 2 is 1.81 bits per heavy atom. The molecule has 0 spiro atoms. The number of nitriles is 1. The zero-order chi connectivity index (χ0) is 21.6. The van der Waals surface area contributed by atoms with E-state index in [1.165, 1.54) is 12.7 Å². The van der Waals surface area contributed by atoms with Crippen LogP contribution in [0.4, 0.5) is 17.3 Å². The van der Waals surface area contributed by atoms with Gasteiger partial charge >= 0.3 is 0 Å². The summed E-state index contributed by atoms with van der Waals surface area (Å²) in [6, 6.07) is 17.0. The Morgan fingerprint density at radius 3 is 2.48 bits per heavy atom. The van der Waals surface area contributed by atoms with Gasteiger partial charge in [0.2, 0.25) is 5.95 Å². The minimum atomic E-state index is -0.348. The lowest BCUT2D eigenvalue weighted by atomic mass is 10.1. The van der Waals surface area contributed by atoms with E-state index in [2.05, 4.69) is 32.3 Å². The molecule has 0 bridgehead atoms. The molecule has 1 aliphatic rings. The first kappa shape index (κ1) is 20.3. The number of amides is 1. The van der Waals surface area contributed by atoms with Crippen molar-refractivity contribution in [3.63, 3.8) is 0 Å². The lowest BCUT2D eigenvalue weighted by Gasteiger charge is -2.28. The average Bonchev–Trinajstić information content (AvgIpc) is 2.84. The third-order valence-electron chi connectivity index (χ3n) is 5.04. The number of morpholine rings is 1. The quantitative estimate of drug-likeness (QED) is 0.506. The molecule has 3 aromatic rings. The van der Waals surface area contributed by atoms with Crippen molar-refractivity contribution in [1.29, 1.82) is 5.26 Å². The summed E-state index contributed by atoms with van der Waals surface area (Å²) < 4.78 is 5.40. The standard InChI is InChI=1S/C23H22N6O2/c1-28(16-24)22(30)18-4-2-17(3-5-18)21-10-11-25-23(27-21)26-19-6-8-20(9-7-19)29-12-14-31-15-13-29/h2-11H,12-15H2,1H3,(H,25,26,27). The smallest absolute Gasteiger partial charge is 0.266 e. The number of ether oxygens (including phenoxy) is 1. The molecule has 1 N–H and O–H groups in total. The highest BCUT2D eigenvalue weighted by atomic mass is 16.5. The van der Waals surface area contributed by atoms with E-state index in [9.17, 15) is 4.79 Å². The van der Waals surface area contributed by atoms with Crippen LogP contribution in [0.25, 0.3) is 11.3 Å². The second-order valence-electron chi connectivity index (χ2n) is 7.08. The van der Waals surface area contributed by atoms with Crippen molar-refractivity contribution in [3.05, 3.63) is 66.4 Å². The maximum absolute atomic E-state index is 12.1. The Morgan fingerprint density at radius 1 is 1.10 bits per heavy atom. The van der Waals surface area contributed by atoms with Gasteiger partial charge in [-0.05, 0) is 42.5 Å². The molecule has 1 aliphatic heterocycles. The fraction of sp³-hybridized carbons (Fsp3) is 0.217. The third-order valence-corrected chi connectivity index (χ3v) is 5.04. The number of carbonyl (C=O) groups is 1. The van der Waals surface area contributed by atoms with Gasteiger partial charge in [0.1, 0.15) is 0 Å². The van der Waals surface area contributed by atoms with Crippen LogP contribution in [-0.2, 0) is 4.74 Å². The van der Waals surface area contributed by atoms with E-state index in [0.29, 0.717) is 11.5 Å². The van der Waals surface area contributed by atoms with Crippen LogP contribution >= 0.6 is 0 Å². The number of hydrogen-bond acceptors (Lipinski definition) is 7. The van der Waals surface area contributed by atoms with Gasteiger partial charge in [-0.25, -0.2) is 14.9 Å². The second-order valence-corrected chi connectivity index (χ2v) is 7.08. The highest BCUT2D eigenvalue weighted by Gasteiger charge is 2.12. The number of carbonyl (C=O) groups excluding carboxylic acids is 1. The summed E-state index contributed by atoms with van der Waals surface area (Å²) in [5.41, 5.74) is 4.09. The summed E-state index contributed by atoms with van der Waals surface area (Å²) in [6.45, 7) is 3.31. The molecule has 31 heavy (non-hydrogen) atoms. The molecule has 0 atom stereocenters. The highest BCUT2D eigenvalue weighted by molar-refractivity contribution is 5.95. The Balaban J connectivity index is 1.46. The van der Waals surface area contributed by atoms with Crippen LogP contribution in [0.5, 0.6) is 0 Å². The van der Waals surface area contributed by atoms with Gasteiger partial charge < -0.3 is 15.0 Å². The van der Waals surface area contributed by atoms with E-state index in [1.54, 1.807) is 18.3 Å². The molecule has 0 unspecified atom stereocenters. The van der Waals surface area contributed by atoms with Crippen molar-refractivity contribution in [2.24, 2.45) is 0 Å². The van der Waals surface area contributed by atoms with Crippen LogP contribution in [0, 0.1) is 11.5 Å². The average molecular weight is 414 g/mol. The fourth-order valence-electron chi connectivity index (χ4n) is 3.31. The molecule has 156 valence electrons. The minimum Gasteiger partial charge on any atom is -0.378 e. The topological polar surface area (TPSA) is 94.4 Å². The Labute approximate surface area is 180 Å². The predicted molar refractivity (Wildman–Crippen MR) is 118 cm³/mol. The molecule has 8 nitrogen and oxygen atoms in total. The fourth-order valence-corrected chi connectivity index (χ4v) is 3.31. The highest BCUT2D eigenvalue weighted by Crippen LogP contribution is 2.23. The van der Waals surface area contributed by atoms with Gasteiger partial charge in [-0.3, -0.25) is 4.79 Å². The summed E-state index contributed by atoms with van der Waals surface area (Å²) >= 11 is 0. The van der Waals surface area contributed by atoms with Gasteiger partial charge in [0.15, 0.2) is 6.19 Å². The molecule has 8 heteroatoms. The van der Waals surface area contributed by atoms with Crippen molar-refractivity contribution < 1.29 is 9.53 Å². The van der Waals surface area contributed by atoms with E-state index in [0.717, 1.165) is 48.1 Å². The summed E-state index contributed by atoms with van der Waals surface area (Å²) in [4.78, 5) is 24.2. The first-order chi connectivity index (χ1) is 15.1. The van der Waals surface area contributed by atoms with Crippen LogP contribution in [0.15, 0.2) is 60.8 Å². The number of aromatic nitrogens is 2. The molecular formula is C23H22N6O2. The largest absolute Gasteiger partial charge is 0.378 e. The lowest BCUT2D eigenvalue weighted by molar-refractivity contribution is 0.0858. The maximum Gasteiger partial charge on any atom is 0.266 e. The zero-order valence-electron chi connectivity index (χ0n) is 17.2. The number of rotatable bonds is 5. The number of anilines is 3. The molecule has 1 amide bonds. The first-order valence-electron chi connectivity index (χ1n) is 9.95. The Kier molecular flexibility index (Phi) is 6.05. The number of benzene rings is 2. The van der Waals surface area contributed by atoms with Gasteiger partial charge in [-0.1, -0.05) is 12.1 Å². The molecule has 2 heterocycles. The molecule has 1 fully saturated rings. The summed E-state index contributed by atoms with van der Waals surface area (Å²) in [5, 5.41) is 12.1. The van der Waals surface area contributed by atoms with Crippen molar-refractivity contribution in [3.8, 4) is 17.5 Å². The molecule has 0 aliphatic carbocycles. The monoisotopic (exact) mass is 414 g/mol. The van der Waals surface area contributed by atoms with Gasteiger partial charge in [0.25, 0.3) is 5.91 Å². The molecule has 4 rings (SSSR count). The van der Waals surface area contributed by atoms with E-state index in [1.807, 2.05) is 36.5 Å². The number of hydrogen-bond donors (Lipinski definition) is 1. The van der Waals surface area contributed by atoms with E-state index < -0.39 is 0 Å². The normalized spacial score (nSPS) is 13.4. The maximum atomic E-state index is 12.1. The van der Waals surface area contributed by atoms with Crippen LogP contribution in [0.1, 0.15) is 10.4 Å². The molecule has 1 aromatic heterocycles. The van der Waals surface area contributed by atoms with Crippen LogP contribution < -0.4 is 10.2 Å². The van der Waals surface area contributed by atoms with E-state index >= 15 is 0 Å². The number of nitrogens with zero attached hydrogens (tertiary/aromatic N) is 5. The summed E-state index contributed by atoms with van der Waals surface area (Å²) in [6.07, 6.45) is 3.50. The Hall–Kier alpha value is -3.96. The van der Waals surface area contributed by atoms with Gasteiger partial charge in [0.05, 0.1) is 18.9 Å². The van der Waals surface area contributed by atoms with Gasteiger partial charge in [0, 0.05) is 48.8 Å². The van der Waals surface area contributed by atoms with Crippen LogP contribution in [0.2, 0.25) is 0 Å². The van der Waals surface area contributed by atoms with Crippen molar-refractivity contribution in [2.75, 3.05) is 43.6 Å². The number of nitrogens with one attached hydrogen (secondary N) is 1. The predicted octanol–water partition coefficient (Wildman–Crippen LogP) is 3.28. The Bertz CT molecular complexity index is 1090. The van der Waals surface area contributed by atoms with Gasteiger partial charge in [-0.15, -0.1) is 0 Å². The molecule has 1 saturated heterocycles. The third kappa shape index (κ3) is 4.79. The minimum absolute atomic E-state index is 0.348. The van der Waals surface area contributed by atoms with Crippen molar-refractivity contribution in [1.82, 2.24) is 14.9 Å². The summed E-state index contributed by atoms with van der Waals surface area (Å²) in [5.74, 6) is 0.139. The lowest BCUT2D eigenvalue weighted by Crippen LogP contribution is -2.36. The second kappa shape index (κ2) is 9.24. The van der Waals surface area contributed by atoms with Crippen LogP contribution in [-0.4, -0.2) is 54.1 Å². The van der Waals surface area contributed by atoms with Crippen LogP contribution in [0.3, 0.4) is 0 Å². The molecule has 2 aromatic carbocycles. The first-order valence-corrected chi connectivity index (χ1v) is 9.95. The molecular weight excluding hydrogens is 392 g/mol. The van der Waals surface area contributed by atoms with Crippen molar-refractivity contribution in [2.45, 2.75) is 0 Å². The van der Waals surface area contributed by atoms with E-state index in [-0.39, 0.29) is 5.91 Å². The van der Waals surface area contributed by atoms with E-state index in [4.69, 9.17) is 10.00 Å². The molecule has 0 saturated carbocycles. The van der Waals surface area contributed by atoms with Crippen molar-refractivity contribution >= 4 is 23.2 Å². The zero-order valence-corrected chi connectivity index (χ0v) is 17.2. The summed E-state index contributed by atoms with van der Waals surface area (Å²) in [7, 11) is 1.44.